The van der Waals surface area contributed by atoms with E-state index in [4.69, 9.17) is 32.7 Å². The topological polar surface area (TPSA) is 59.1 Å². The van der Waals surface area contributed by atoms with Crippen LogP contribution >= 0.6 is 39.1 Å². The number of benzene rings is 2. The highest BCUT2D eigenvalue weighted by Crippen LogP contribution is 2.37. The molecule has 176 valence electrons. The van der Waals surface area contributed by atoms with Crippen LogP contribution in [0.25, 0.3) is 0 Å². The molecule has 0 saturated carbocycles. The number of nitrogens with zero attached hydrogens (tertiary/aromatic N) is 2. The van der Waals surface area contributed by atoms with Gasteiger partial charge in [0.15, 0.2) is 6.29 Å². The Hall–Kier alpha value is -1.64. The summed E-state index contributed by atoms with van der Waals surface area (Å²) in [7, 11) is 0. The fourth-order valence-electron chi connectivity index (χ4n) is 4.30. The van der Waals surface area contributed by atoms with E-state index in [-0.39, 0.29) is 25.3 Å². The molecule has 9 heteroatoms. The molecule has 4 rings (SSSR count). The first-order chi connectivity index (χ1) is 15.8. The number of urea groups is 1. The molecule has 0 spiro atoms. The summed E-state index contributed by atoms with van der Waals surface area (Å²) in [4.78, 5) is 30.0. The molecule has 2 atom stereocenters. The molecular formula is C24H25BrCl2N2O4. The molecule has 2 aromatic carbocycles. The van der Waals surface area contributed by atoms with Crippen molar-refractivity contribution < 1.29 is 19.1 Å². The molecule has 2 aromatic rings. The smallest absolute Gasteiger partial charge is 0.332 e. The Morgan fingerprint density at radius 3 is 2.45 bits per heavy atom. The fourth-order valence-corrected chi connectivity index (χ4v) is 5.08. The molecule has 3 amide bonds. The highest BCUT2D eigenvalue weighted by atomic mass is 79.9. The quantitative estimate of drug-likeness (QED) is 0.389. The number of anilines is 1. The zero-order chi connectivity index (χ0) is 23.6. The van der Waals surface area contributed by atoms with Crippen molar-refractivity contribution in [2.75, 3.05) is 24.7 Å². The van der Waals surface area contributed by atoms with E-state index in [1.807, 2.05) is 24.3 Å². The van der Waals surface area contributed by atoms with Crippen LogP contribution in [0.4, 0.5) is 10.5 Å². The van der Waals surface area contributed by atoms with E-state index in [0.29, 0.717) is 28.8 Å². The Balaban J connectivity index is 1.61. The first kappa shape index (κ1) is 24.5. The van der Waals surface area contributed by atoms with Crippen LogP contribution < -0.4 is 4.90 Å². The van der Waals surface area contributed by atoms with Crippen LogP contribution in [0.15, 0.2) is 46.9 Å². The van der Waals surface area contributed by atoms with Gasteiger partial charge in [0.25, 0.3) is 5.91 Å². The molecule has 2 aliphatic heterocycles. The average molecular weight is 556 g/mol. The van der Waals surface area contributed by atoms with Gasteiger partial charge < -0.3 is 14.4 Å². The number of ether oxygens (including phenoxy) is 2. The zero-order valence-corrected chi connectivity index (χ0v) is 21.3. The van der Waals surface area contributed by atoms with Gasteiger partial charge >= 0.3 is 6.03 Å². The monoisotopic (exact) mass is 554 g/mol. The van der Waals surface area contributed by atoms with Gasteiger partial charge in [-0.15, -0.1) is 0 Å². The van der Waals surface area contributed by atoms with Crippen molar-refractivity contribution in [2.24, 2.45) is 0 Å². The average Bonchev–Trinajstić information content (AvgIpc) is 2.95. The zero-order valence-electron chi connectivity index (χ0n) is 18.2. The summed E-state index contributed by atoms with van der Waals surface area (Å²) in [6.45, 7) is 2.99. The summed E-state index contributed by atoms with van der Waals surface area (Å²) in [6, 6.07) is 12.0. The first-order valence-corrected chi connectivity index (χ1v) is 12.4. The minimum absolute atomic E-state index is 0.252. The van der Waals surface area contributed by atoms with Gasteiger partial charge in [0.05, 0.1) is 12.3 Å². The Bertz CT molecular complexity index is 1010. The van der Waals surface area contributed by atoms with Crippen molar-refractivity contribution in [2.45, 2.75) is 44.4 Å². The standard InChI is InChI=1S/C24H25BrCl2N2O4/c1-24(15-16-5-7-17(25)8-6-16)22(30)29(20-13-18(26)12-19(27)14-20)23(31)28(24)9-11-33-21-4-2-3-10-32-21/h5-8,12-14,21H,2-4,9-11,15H2,1H3. The second-order valence-corrected chi connectivity index (χ2v) is 10.2. The van der Waals surface area contributed by atoms with Gasteiger partial charge in [0.1, 0.15) is 5.54 Å². The molecule has 2 fully saturated rings. The van der Waals surface area contributed by atoms with E-state index >= 15 is 0 Å². The maximum Gasteiger partial charge on any atom is 0.332 e. The van der Waals surface area contributed by atoms with E-state index in [9.17, 15) is 9.59 Å². The summed E-state index contributed by atoms with van der Waals surface area (Å²) in [5.41, 5.74) is 0.189. The van der Waals surface area contributed by atoms with Gasteiger partial charge in [0.2, 0.25) is 0 Å². The van der Waals surface area contributed by atoms with E-state index in [1.165, 1.54) is 0 Å². The van der Waals surface area contributed by atoms with E-state index in [2.05, 4.69) is 15.9 Å². The van der Waals surface area contributed by atoms with Crippen LogP contribution in [0.1, 0.15) is 31.7 Å². The van der Waals surface area contributed by atoms with E-state index in [0.717, 1.165) is 34.2 Å². The molecule has 0 bridgehead atoms. The van der Waals surface area contributed by atoms with Gasteiger partial charge in [-0.1, -0.05) is 51.3 Å². The van der Waals surface area contributed by atoms with Crippen molar-refractivity contribution in [3.8, 4) is 0 Å². The Morgan fingerprint density at radius 1 is 1.12 bits per heavy atom. The maximum absolute atomic E-state index is 13.7. The van der Waals surface area contributed by atoms with Crippen molar-refractivity contribution in [3.63, 3.8) is 0 Å². The lowest BCUT2D eigenvalue weighted by atomic mass is 9.91. The highest BCUT2D eigenvalue weighted by Gasteiger charge is 2.54. The fraction of sp³-hybridized carbons (Fsp3) is 0.417. The molecule has 33 heavy (non-hydrogen) atoms. The molecule has 2 heterocycles. The molecule has 6 nitrogen and oxygen atoms in total. The SMILES string of the molecule is CC1(Cc2ccc(Br)cc2)C(=O)N(c2cc(Cl)cc(Cl)c2)C(=O)N1CCOC1CCCCO1. The molecule has 2 saturated heterocycles. The number of rotatable bonds is 7. The lowest BCUT2D eigenvalue weighted by molar-refractivity contribution is -0.164. The largest absolute Gasteiger partial charge is 0.353 e. The summed E-state index contributed by atoms with van der Waals surface area (Å²) in [5, 5.41) is 0.702. The lowest BCUT2D eigenvalue weighted by Gasteiger charge is -2.32. The van der Waals surface area contributed by atoms with Crippen LogP contribution in [0.3, 0.4) is 0 Å². The van der Waals surface area contributed by atoms with Gasteiger partial charge in [-0.2, -0.15) is 0 Å². The van der Waals surface area contributed by atoms with Crippen LogP contribution in [-0.4, -0.2) is 48.4 Å². The summed E-state index contributed by atoms with van der Waals surface area (Å²) in [6.07, 6.45) is 3.00. The highest BCUT2D eigenvalue weighted by molar-refractivity contribution is 9.10. The van der Waals surface area contributed by atoms with Crippen molar-refractivity contribution in [1.82, 2.24) is 4.90 Å². The predicted molar refractivity (Wildman–Crippen MR) is 132 cm³/mol. The molecule has 0 N–H and O–H groups in total. The van der Waals surface area contributed by atoms with Crippen LogP contribution in [0.2, 0.25) is 10.0 Å². The van der Waals surface area contributed by atoms with Crippen LogP contribution in [0, 0.1) is 0 Å². The van der Waals surface area contributed by atoms with Crippen molar-refractivity contribution in [1.29, 1.82) is 0 Å². The number of amides is 3. The number of halogens is 3. The summed E-state index contributed by atoms with van der Waals surface area (Å²) < 4.78 is 12.4. The molecule has 0 aliphatic carbocycles. The molecular weight excluding hydrogens is 531 g/mol. The van der Waals surface area contributed by atoms with E-state index < -0.39 is 11.6 Å². The summed E-state index contributed by atoms with van der Waals surface area (Å²) >= 11 is 15.8. The van der Waals surface area contributed by atoms with Gasteiger partial charge in [-0.25, -0.2) is 9.69 Å². The second-order valence-electron chi connectivity index (χ2n) is 8.45. The third-order valence-electron chi connectivity index (χ3n) is 6.01. The number of carbonyl (C=O) groups is 2. The minimum Gasteiger partial charge on any atom is -0.353 e. The third kappa shape index (κ3) is 5.38. The van der Waals surface area contributed by atoms with Crippen LogP contribution in [0.5, 0.6) is 0 Å². The number of hydrogen-bond donors (Lipinski definition) is 0. The Kier molecular flexibility index (Phi) is 7.66. The van der Waals surface area contributed by atoms with E-state index in [1.54, 1.807) is 30.0 Å². The Labute approximate surface area is 211 Å². The first-order valence-electron chi connectivity index (χ1n) is 10.9. The predicted octanol–water partition coefficient (Wildman–Crippen LogP) is 6.07. The second kappa shape index (κ2) is 10.3. The lowest BCUT2D eigenvalue weighted by Crippen LogP contribution is -2.50. The van der Waals surface area contributed by atoms with Gasteiger partial charge in [-0.3, -0.25) is 4.79 Å². The normalized spacial score (nSPS) is 23.5. The number of imide groups is 1. The van der Waals surface area contributed by atoms with Crippen LogP contribution in [-0.2, 0) is 20.7 Å². The van der Waals surface area contributed by atoms with Gasteiger partial charge in [0, 0.05) is 34.1 Å². The summed E-state index contributed by atoms with van der Waals surface area (Å²) in [5.74, 6) is -0.331. The minimum atomic E-state index is -1.10. The molecule has 2 unspecified atom stereocenters. The number of carbonyl (C=O) groups excluding carboxylic acids is 2. The molecule has 2 aliphatic rings. The Morgan fingerprint density at radius 2 is 1.82 bits per heavy atom. The maximum atomic E-state index is 13.7. The van der Waals surface area contributed by atoms with Gasteiger partial charge in [-0.05, 0) is 62.1 Å². The van der Waals surface area contributed by atoms with Crippen molar-refractivity contribution in [3.05, 3.63) is 62.5 Å². The molecule has 0 aromatic heterocycles. The third-order valence-corrected chi connectivity index (χ3v) is 6.97. The van der Waals surface area contributed by atoms with Crippen molar-refractivity contribution >= 4 is 56.8 Å². The number of hydrogen-bond acceptors (Lipinski definition) is 4. The molecule has 0 radical (unpaired) electrons.